The number of allylic oxidation sites excluding steroid dienone is 12. The third kappa shape index (κ3) is 19.9. The van der Waals surface area contributed by atoms with Gasteiger partial charge in [0.15, 0.2) is 5.79 Å². The molecule has 282 valence electrons. The van der Waals surface area contributed by atoms with Gasteiger partial charge in [-0.1, -0.05) is 48.6 Å². The van der Waals surface area contributed by atoms with E-state index in [0.29, 0.717) is 16.7 Å². The fraction of sp³-hybridized carbons (Fsp3) is 0.579. The minimum absolute atomic E-state index is 0.0153. The molecule has 13 heteroatoms. The molecular formula is C38H56MgO12. The SMILES string of the molecule is O=C(O)C1CCC2(O)CC(O)CC(O)C(O)CCC(O)CC(O)C[C](=[Mg])OCC[C@H](O)C/C=C/C=C/C=C/C=C/C=C/C=C/C=C/C(O)CC1O2. The van der Waals surface area contributed by atoms with E-state index in [-0.39, 0.29) is 64.4 Å². The molecule has 9 N–H and O–H groups in total. The van der Waals surface area contributed by atoms with Crippen LogP contribution in [0.4, 0.5) is 0 Å². The van der Waals surface area contributed by atoms with Crippen molar-refractivity contribution in [3.63, 3.8) is 0 Å². The first-order valence-corrected chi connectivity index (χ1v) is 18.4. The average molecular weight is 729 g/mol. The molecular weight excluding hydrogens is 673 g/mol. The van der Waals surface area contributed by atoms with Crippen LogP contribution < -0.4 is 0 Å². The predicted octanol–water partition coefficient (Wildman–Crippen LogP) is 1.81. The molecule has 0 radical (unpaired) electrons. The molecule has 2 bridgehead atoms. The Morgan fingerprint density at radius 3 is 1.92 bits per heavy atom. The van der Waals surface area contributed by atoms with Crippen LogP contribution in [0.2, 0.25) is 0 Å². The molecule has 0 spiro atoms. The topological polar surface area (TPSA) is 218 Å². The Kier molecular flexibility index (Phi) is 21.9. The molecule has 0 aliphatic carbocycles. The molecule has 1 saturated heterocycles. The number of aliphatic hydroxyl groups excluding tert-OH is 7. The summed E-state index contributed by atoms with van der Waals surface area (Å²) in [7, 11) is 0. The van der Waals surface area contributed by atoms with E-state index in [1.54, 1.807) is 24.3 Å². The Morgan fingerprint density at radius 2 is 1.29 bits per heavy atom. The predicted molar refractivity (Wildman–Crippen MR) is 194 cm³/mol. The van der Waals surface area contributed by atoms with Crippen molar-refractivity contribution in [2.24, 2.45) is 5.92 Å². The summed E-state index contributed by atoms with van der Waals surface area (Å²) in [5, 5.41) is 94.1. The van der Waals surface area contributed by atoms with E-state index in [1.807, 2.05) is 54.7 Å². The monoisotopic (exact) mass is 728 g/mol. The summed E-state index contributed by atoms with van der Waals surface area (Å²) in [5.41, 5.74) is 0. The van der Waals surface area contributed by atoms with Gasteiger partial charge in [0.1, 0.15) is 0 Å². The zero-order valence-corrected chi connectivity index (χ0v) is 30.6. The van der Waals surface area contributed by atoms with Crippen molar-refractivity contribution in [3.05, 3.63) is 85.1 Å². The summed E-state index contributed by atoms with van der Waals surface area (Å²) in [4.78, 5) is 11.9. The molecule has 2 heterocycles. The first-order valence-electron chi connectivity index (χ1n) is 17.6. The number of aliphatic carboxylic acids is 1. The number of hydrogen-bond acceptors (Lipinski definition) is 11. The molecule has 0 aromatic rings. The van der Waals surface area contributed by atoms with Crippen molar-refractivity contribution in [3.8, 4) is 0 Å². The molecule has 2 rings (SSSR count). The van der Waals surface area contributed by atoms with Gasteiger partial charge in [-0.3, -0.25) is 4.79 Å². The minimum Gasteiger partial charge on any atom is -0.389 e. The second-order valence-corrected chi connectivity index (χ2v) is 14.0. The number of carboxylic acids is 1. The second-order valence-electron chi connectivity index (χ2n) is 13.2. The summed E-state index contributed by atoms with van der Waals surface area (Å²) in [6.45, 7) is 0.279. The normalized spacial score (nSPS) is 39.7. The van der Waals surface area contributed by atoms with Crippen LogP contribution in [0.25, 0.3) is 0 Å². The summed E-state index contributed by atoms with van der Waals surface area (Å²) in [6, 6.07) is 0. The number of carbonyl (C=O) groups is 1. The zero-order chi connectivity index (χ0) is 37.6. The van der Waals surface area contributed by atoms with Crippen molar-refractivity contribution < 1.29 is 60.2 Å². The number of aliphatic hydroxyl groups is 8. The van der Waals surface area contributed by atoms with Gasteiger partial charge in [-0.15, -0.1) is 0 Å². The molecule has 10 atom stereocenters. The maximum atomic E-state index is 11.9. The Labute approximate surface area is 313 Å². The third-order valence-electron chi connectivity index (χ3n) is 8.63. The van der Waals surface area contributed by atoms with E-state index in [2.05, 4.69) is 0 Å². The van der Waals surface area contributed by atoms with Gasteiger partial charge in [0.2, 0.25) is 0 Å². The molecule has 0 saturated carbocycles. The van der Waals surface area contributed by atoms with E-state index < -0.39 is 66.5 Å². The van der Waals surface area contributed by atoms with Crippen LogP contribution in [0.3, 0.4) is 0 Å². The summed E-state index contributed by atoms with van der Waals surface area (Å²) in [6.07, 6.45) is 16.7. The Bertz CT molecular complexity index is 1240. The summed E-state index contributed by atoms with van der Waals surface area (Å²) >= 11 is 1.48. The number of ether oxygens (including phenoxy) is 2. The van der Waals surface area contributed by atoms with Crippen LogP contribution in [0.15, 0.2) is 85.1 Å². The smallest absolute Gasteiger partial charge is 0.389 e. The third-order valence-corrected chi connectivity index (χ3v) is 9.12. The first kappa shape index (κ1) is 44.9. The number of carboxylic acid groups (broad SMARTS) is 1. The second kappa shape index (κ2) is 24.9. The Balaban J connectivity index is 2.07. The van der Waals surface area contributed by atoms with Gasteiger partial charge in [-0.25, -0.2) is 0 Å². The van der Waals surface area contributed by atoms with Crippen LogP contribution in [-0.2, 0) is 14.3 Å². The van der Waals surface area contributed by atoms with Gasteiger partial charge < -0.3 is 20.1 Å². The van der Waals surface area contributed by atoms with Crippen molar-refractivity contribution in [2.45, 2.75) is 125 Å². The molecule has 51 heavy (non-hydrogen) atoms. The Hall–Kier alpha value is -2.27. The van der Waals surface area contributed by atoms with Gasteiger partial charge in [-0.2, -0.15) is 0 Å². The van der Waals surface area contributed by atoms with Crippen LogP contribution in [-0.4, -0.2) is 138 Å². The molecule has 9 unspecified atom stereocenters. The number of rotatable bonds is 1. The zero-order valence-electron chi connectivity index (χ0n) is 29.2. The average Bonchev–Trinajstić information content (AvgIpc) is 3.04. The molecule has 1 fully saturated rings. The van der Waals surface area contributed by atoms with Gasteiger partial charge >= 0.3 is 197 Å². The van der Waals surface area contributed by atoms with Crippen molar-refractivity contribution >= 4 is 31.0 Å². The quantitative estimate of drug-likeness (QED) is 0.177. The van der Waals surface area contributed by atoms with E-state index in [1.165, 1.54) is 27.3 Å². The summed E-state index contributed by atoms with van der Waals surface area (Å²) < 4.78 is 12.0. The van der Waals surface area contributed by atoms with E-state index in [9.17, 15) is 50.8 Å². The van der Waals surface area contributed by atoms with Gasteiger partial charge in [0.05, 0.1) is 18.1 Å². The van der Waals surface area contributed by atoms with Gasteiger partial charge in [0, 0.05) is 12.8 Å². The molecule has 2 aliphatic rings. The van der Waals surface area contributed by atoms with Crippen molar-refractivity contribution in [1.29, 1.82) is 0 Å². The number of hydrogen-bond donors (Lipinski definition) is 9. The summed E-state index contributed by atoms with van der Waals surface area (Å²) in [5.74, 6) is -4.02. The minimum atomic E-state index is -1.91. The van der Waals surface area contributed by atoms with Gasteiger partial charge in [0.25, 0.3) is 0 Å². The van der Waals surface area contributed by atoms with Gasteiger partial charge in [-0.05, 0) is 6.42 Å². The van der Waals surface area contributed by atoms with Crippen molar-refractivity contribution in [1.82, 2.24) is 0 Å². The van der Waals surface area contributed by atoms with E-state index in [4.69, 9.17) is 9.47 Å². The first-order chi connectivity index (χ1) is 24.3. The van der Waals surface area contributed by atoms with Crippen molar-refractivity contribution in [2.75, 3.05) is 6.61 Å². The standard InChI is InChI=1S/C38H56O12.Mg/c39-28-14-12-10-8-6-4-2-1-3-5-7-9-11-13-15-29(40)26-36-33(37(46)47)18-21-38(48,50-36)27-32(43)25-35(45)34(44)17-16-30(41)24-31(42)20-23-49-22-19-28;/h1-13,15,28-36,39-45,48H,14,16-22,24-27H2,(H,46,47);/b3-1+,4-2+,7-5+,8-6+,11-9+,12-10+,15-13+;/t28-,29?,30?,31?,32?,33?,34?,35?,36?,38?;/m1./s1. The van der Waals surface area contributed by atoms with Crippen LogP contribution in [0.5, 0.6) is 0 Å². The molecule has 12 nitrogen and oxygen atoms in total. The molecule has 0 aromatic carbocycles. The van der Waals surface area contributed by atoms with Crippen LogP contribution in [0.1, 0.15) is 70.6 Å². The maximum absolute atomic E-state index is 11.9. The van der Waals surface area contributed by atoms with E-state index in [0.717, 1.165) is 0 Å². The van der Waals surface area contributed by atoms with Crippen LogP contribution >= 0.6 is 0 Å². The van der Waals surface area contributed by atoms with E-state index >= 15 is 0 Å². The molecule has 2 aliphatic heterocycles. The molecule has 0 amide bonds. The fourth-order valence-corrected chi connectivity index (χ4v) is 6.31. The fourth-order valence-electron chi connectivity index (χ4n) is 5.84. The Morgan fingerprint density at radius 1 is 0.686 bits per heavy atom. The molecule has 0 aromatic heterocycles. The van der Waals surface area contributed by atoms with Crippen LogP contribution in [0, 0.1) is 5.92 Å². The number of fused-ring (bicyclic) bond motifs is 2.